The predicted molar refractivity (Wildman–Crippen MR) is 80.6 cm³/mol. The number of rotatable bonds is 4. The average molecular weight is 377 g/mol. The zero-order valence-corrected chi connectivity index (χ0v) is 14.0. The minimum atomic E-state index is -4.83. The third-order valence-electron chi connectivity index (χ3n) is 4.54. The number of carbonyl (C=O) groups is 3. The number of nitrogens with one attached hydrogen (secondary N) is 3. The van der Waals surface area contributed by atoms with Gasteiger partial charge >= 0.3 is 16.4 Å². The normalized spacial score (nSPS) is 29.0. The highest BCUT2D eigenvalue weighted by Gasteiger charge is 2.49. The van der Waals surface area contributed by atoms with Crippen molar-refractivity contribution in [1.29, 1.82) is 0 Å². The Morgan fingerprint density at radius 3 is 2.56 bits per heavy atom. The molecule has 4 amide bonds. The Bertz CT molecular complexity index is 677. The summed E-state index contributed by atoms with van der Waals surface area (Å²) in [5.74, 6) is -1.10. The molecule has 3 aliphatic heterocycles. The number of piperidine rings is 1. The SMILES string of the molecule is O=C(NNC(=O)[C@@H]1CCC2CN1C(=O)N2OS(=O)(=O)O)[C@@H]1CCNC1. The van der Waals surface area contributed by atoms with Crippen LogP contribution in [-0.4, -0.2) is 72.5 Å². The van der Waals surface area contributed by atoms with Crippen LogP contribution in [0, 0.1) is 5.92 Å². The van der Waals surface area contributed by atoms with E-state index in [9.17, 15) is 22.8 Å². The van der Waals surface area contributed by atoms with Gasteiger partial charge in [0.25, 0.3) is 5.91 Å². The number of fused-ring (bicyclic) bond motifs is 2. The molecule has 0 aromatic heterocycles. The zero-order chi connectivity index (χ0) is 18.2. The van der Waals surface area contributed by atoms with Crippen LogP contribution in [0.2, 0.25) is 0 Å². The maximum absolute atomic E-state index is 12.3. The van der Waals surface area contributed by atoms with Gasteiger partial charge in [-0.3, -0.25) is 25.0 Å². The predicted octanol–water partition coefficient (Wildman–Crippen LogP) is -2.25. The van der Waals surface area contributed by atoms with Crippen molar-refractivity contribution >= 4 is 28.2 Å². The average Bonchev–Trinajstić information content (AvgIpc) is 3.16. The number of hydrogen-bond acceptors (Lipinski definition) is 7. The van der Waals surface area contributed by atoms with Crippen molar-refractivity contribution in [2.24, 2.45) is 5.92 Å². The molecule has 4 N–H and O–H groups in total. The molecule has 12 nitrogen and oxygen atoms in total. The topological polar surface area (TPSA) is 157 Å². The molecule has 1 unspecified atom stereocenters. The Hall–Kier alpha value is -1.96. The molecule has 3 heterocycles. The van der Waals surface area contributed by atoms with Crippen molar-refractivity contribution in [3.05, 3.63) is 0 Å². The zero-order valence-electron chi connectivity index (χ0n) is 13.2. The van der Waals surface area contributed by atoms with Gasteiger partial charge in [0.15, 0.2) is 0 Å². The summed E-state index contributed by atoms with van der Waals surface area (Å²) in [4.78, 5) is 37.5. The number of urea groups is 1. The molecule has 25 heavy (non-hydrogen) atoms. The molecule has 0 aromatic rings. The fourth-order valence-corrected chi connectivity index (χ4v) is 3.68. The Kier molecular flexibility index (Phi) is 4.81. The van der Waals surface area contributed by atoms with E-state index in [1.807, 2.05) is 0 Å². The monoisotopic (exact) mass is 377 g/mol. The molecule has 0 aromatic carbocycles. The van der Waals surface area contributed by atoms with E-state index >= 15 is 0 Å². The number of amides is 4. The first kappa shape index (κ1) is 17.8. The maximum atomic E-state index is 12.3. The van der Waals surface area contributed by atoms with E-state index in [0.717, 1.165) is 11.4 Å². The van der Waals surface area contributed by atoms with Crippen molar-refractivity contribution in [1.82, 2.24) is 26.1 Å². The summed E-state index contributed by atoms with van der Waals surface area (Å²) in [6.07, 6.45) is 1.27. The van der Waals surface area contributed by atoms with Crippen LogP contribution in [-0.2, 0) is 24.3 Å². The summed E-state index contributed by atoms with van der Waals surface area (Å²) in [6, 6.07) is -2.26. The largest absolute Gasteiger partial charge is 0.418 e. The number of hydrogen-bond donors (Lipinski definition) is 4. The summed E-state index contributed by atoms with van der Waals surface area (Å²) >= 11 is 0. The van der Waals surface area contributed by atoms with Crippen molar-refractivity contribution < 1.29 is 31.6 Å². The summed E-state index contributed by atoms with van der Waals surface area (Å²) in [6.45, 7) is 1.37. The highest BCUT2D eigenvalue weighted by atomic mass is 32.3. The van der Waals surface area contributed by atoms with Crippen molar-refractivity contribution in [3.8, 4) is 0 Å². The molecule has 13 heteroatoms. The highest BCUT2D eigenvalue weighted by Crippen LogP contribution is 2.30. The molecule has 0 aliphatic carbocycles. The second-order valence-electron chi connectivity index (χ2n) is 6.18. The Morgan fingerprint density at radius 2 is 1.92 bits per heavy atom. The highest BCUT2D eigenvalue weighted by molar-refractivity contribution is 7.80. The lowest BCUT2D eigenvalue weighted by molar-refractivity contribution is -0.133. The van der Waals surface area contributed by atoms with Gasteiger partial charge in [-0.05, 0) is 25.8 Å². The van der Waals surface area contributed by atoms with Crippen LogP contribution >= 0.6 is 0 Å². The first-order valence-corrected chi connectivity index (χ1v) is 9.20. The summed E-state index contributed by atoms with van der Waals surface area (Å²) < 4.78 is 34.7. The molecule has 0 radical (unpaired) electrons. The van der Waals surface area contributed by atoms with Crippen LogP contribution in [0.3, 0.4) is 0 Å². The molecule has 0 saturated carbocycles. The number of hydrazine groups is 1. The number of nitrogens with zero attached hydrogens (tertiary/aromatic N) is 2. The Balaban J connectivity index is 1.57. The Morgan fingerprint density at radius 1 is 1.20 bits per heavy atom. The van der Waals surface area contributed by atoms with Gasteiger partial charge < -0.3 is 10.2 Å². The molecule has 0 spiro atoms. The molecule has 2 bridgehead atoms. The van der Waals surface area contributed by atoms with E-state index in [1.165, 1.54) is 0 Å². The van der Waals surface area contributed by atoms with Gasteiger partial charge in [-0.25, -0.2) is 4.79 Å². The third-order valence-corrected chi connectivity index (χ3v) is 4.89. The van der Waals surface area contributed by atoms with Crippen LogP contribution in [0.15, 0.2) is 0 Å². The van der Waals surface area contributed by atoms with Crippen LogP contribution in [0.1, 0.15) is 19.3 Å². The van der Waals surface area contributed by atoms with E-state index in [1.54, 1.807) is 0 Å². The summed E-state index contributed by atoms with van der Waals surface area (Å²) in [5.41, 5.74) is 4.66. The Labute approximate surface area is 143 Å². The minimum Gasteiger partial charge on any atom is -0.316 e. The van der Waals surface area contributed by atoms with Crippen LogP contribution in [0.4, 0.5) is 4.79 Å². The first-order valence-electron chi connectivity index (χ1n) is 7.83. The lowest BCUT2D eigenvalue weighted by Gasteiger charge is -2.29. The number of hydroxylamine groups is 2. The summed E-state index contributed by atoms with van der Waals surface area (Å²) in [5, 5.41) is 3.60. The second kappa shape index (κ2) is 6.74. The van der Waals surface area contributed by atoms with E-state index in [4.69, 9.17) is 4.55 Å². The van der Waals surface area contributed by atoms with Crippen molar-refractivity contribution in [3.63, 3.8) is 0 Å². The standard InChI is InChI=1S/C12H19N5O7S/c18-10(7-3-4-13-5-7)14-15-11(19)9-2-1-8-6-16(9)12(20)17(8)24-25(21,22)23/h7-9,13H,1-6H2,(H,14,18)(H,15,19)(H,21,22,23)/t7-,8?,9+/m1/s1. The van der Waals surface area contributed by atoms with Crippen molar-refractivity contribution in [2.45, 2.75) is 31.3 Å². The quantitative estimate of drug-likeness (QED) is 0.316. The van der Waals surface area contributed by atoms with Crippen molar-refractivity contribution in [2.75, 3.05) is 19.6 Å². The van der Waals surface area contributed by atoms with Gasteiger partial charge in [-0.15, -0.1) is 4.28 Å². The van der Waals surface area contributed by atoms with E-state index in [0.29, 0.717) is 24.4 Å². The molecular weight excluding hydrogens is 358 g/mol. The van der Waals surface area contributed by atoms with Gasteiger partial charge in [-0.2, -0.15) is 13.5 Å². The van der Waals surface area contributed by atoms with Gasteiger partial charge in [0.2, 0.25) is 5.91 Å². The first-order chi connectivity index (χ1) is 11.8. The van der Waals surface area contributed by atoms with Gasteiger partial charge in [0.1, 0.15) is 6.04 Å². The van der Waals surface area contributed by atoms with Crippen LogP contribution < -0.4 is 16.2 Å². The van der Waals surface area contributed by atoms with E-state index in [-0.39, 0.29) is 24.8 Å². The molecule has 140 valence electrons. The maximum Gasteiger partial charge on any atom is 0.418 e. The third kappa shape index (κ3) is 3.84. The molecule has 3 saturated heterocycles. The fourth-order valence-electron chi connectivity index (χ4n) is 3.29. The molecule has 3 atom stereocenters. The van der Waals surface area contributed by atoms with E-state index in [2.05, 4.69) is 20.5 Å². The molecule has 3 rings (SSSR count). The lowest BCUT2D eigenvalue weighted by atomic mass is 10.0. The summed E-state index contributed by atoms with van der Waals surface area (Å²) in [7, 11) is -4.83. The van der Waals surface area contributed by atoms with Crippen LogP contribution in [0.25, 0.3) is 0 Å². The molecule has 3 aliphatic rings. The smallest absolute Gasteiger partial charge is 0.316 e. The second-order valence-corrected chi connectivity index (χ2v) is 7.18. The van der Waals surface area contributed by atoms with Gasteiger partial charge in [0.05, 0.1) is 12.0 Å². The molecular formula is C12H19N5O7S. The molecule has 3 fully saturated rings. The lowest BCUT2D eigenvalue weighted by Crippen LogP contribution is -2.55. The van der Waals surface area contributed by atoms with E-state index < -0.39 is 34.4 Å². The van der Waals surface area contributed by atoms with Gasteiger partial charge in [0, 0.05) is 13.1 Å². The fraction of sp³-hybridized carbons (Fsp3) is 0.750. The van der Waals surface area contributed by atoms with Crippen LogP contribution in [0.5, 0.6) is 0 Å². The number of carbonyl (C=O) groups excluding carboxylic acids is 3. The minimum absolute atomic E-state index is 0.0902. The van der Waals surface area contributed by atoms with Gasteiger partial charge in [-0.1, -0.05) is 0 Å².